The first-order chi connectivity index (χ1) is 9.36. The molecular weight excluding hydrogens is 301 g/mol. The van der Waals surface area contributed by atoms with E-state index in [-0.39, 0.29) is 0 Å². The first-order valence-electron chi connectivity index (χ1n) is 5.28. The molecule has 2 heterocycles. The molecule has 0 aliphatic carbocycles. The molecule has 106 valence electrons. The van der Waals surface area contributed by atoms with Crippen molar-refractivity contribution in [3.05, 3.63) is 54.5 Å². The summed E-state index contributed by atoms with van der Waals surface area (Å²) in [5.74, 6) is 0.730. The van der Waals surface area contributed by atoms with Gasteiger partial charge in [-0.3, -0.25) is 4.98 Å². The lowest BCUT2D eigenvalue weighted by molar-refractivity contribution is 0.275. The molecule has 0 radical (unpaired) electrons. The molecule has 9 heteroatoms. The summed E-state index contributed by atoms with van der Waals surface area (Å²) >= 11 is 5.19. The van der Waals surface area contributed by atoms with Gasteiger partial charge < -0.3 is 20.0 Å². The number of aromatic nitrogens is 2. The average Bonchev–Trinajstić information content (AvgIpc) is 2.39. The molecule has 2 aromatic heterocycles. The first-order valence-corrected chi connectivity index (χ1v) is 7.25. The SMILES string of the molecule is O=P(O)(O)O.S=C(Nc1ccccn1)c1ccccn1. The Labute approximate surface area is 120 Å². The van der Waals surface area contributed by atoms with Crippen molar-refractivity contribution in [2.24, 2.45) is 0 Å². The predicted molar refractivity (Wildman–Crippen MR) is 78.1 cm³/mol. The van der Waals surface area contributed by atoms with Crippen LogP contribution in [0.3, 0.4) is 0 Å². The number of hydrogen-bond acceptors (Lipinski definition) is 4. The summed E-state index contributed by atoms with van der Waals surface area (Å²) < 4.78 is 8.88. The van der Waals surface area contributed by atoms with Crippen molar-refractivity contribution in [1.29, 1.82) is 0 Å². The number of nitrogens with one attached hydrogen (secondary N) is 1. The molecule has 2 rings (SSSR count). The zero-order valence-electron chi connectivity index (χ0n) is 10.1. The molecular formula is C11H12N3O4PS. The van der Waals surface area contributed by atoms with Crippen LogP contribution in [0.25, 0.3) is 0 Å². The van der Waals surface area contributed by atoms with E-state index in [0.29, 0.717) is 4.99 Å². The fraction of sp³-hybridized carbons (Fsp3) is 0. The van der Waals surface area contributed by atoms with E-state index >= 15 is 0 Å². The summed E-state index contributed by atoms with van der Waals surface area (Å²) in [6.07, 6.45) is 3.42. The Kier molecular flexibility index (Phi) is 6.37. The van der Waals surface area contributed by atoms with Crippen LogP contribution in [0.5, 0.6) is 0 Å². The van der Waals surface area contributed by atoms with Gasteiger partial charge in [-0.2, -0.15) is 0 Å². The topological polar surface area (TPSA) is 116 Å². The van der Waals surface area contributed by atoms with Gasteiger partial charge in [-0.1, -0.05) is 24.4 Å². The summed E-state index contributed by atoms with van der Waals surface area (Å²) in [6, 6.07) is 11.2. The van der Waals surface area contributed by atoms with Crippen LogP contribution < -0.4 is 5.32 Å². The molecule has 20 heavy (non-hydrogen) atoms. The van der Waals surface area contributed by atoms with Gasteiger partial charge in [-0.05, 0) is 24.3 Å². The number of hydrogen-bond donors (Lipinski definition) is 4. The van der Waals surface area contributed by atoms with E-state index in [2.05, 4.69) is 15.3 Å². The number of phosphoric acid groups is 1. The summed E-state index contributed by atoms with van der Waals surface area (Å²) in [4.78, 5) is 30.4. The molecule has 0 aliphatic rings. The highest BCUT2D eigenvalue weighted by molar-refractivity contribution is 7.81. The Hall–Kier alpha value is -1.70. The molecule has 0 saturated heterocycles. The van der Waals surface area contributed by atoms with Gasteiger partial charge in [-0.25, -0.2) is 9.55 Å². The third-order valence-corrected chi connectivity index (χ3v) is 2.12. The second-order valence-electron chi connectivity index (χ2n) is 3.40. The summed E-state index contributed by atoms with van der Waals surface area (Å²) in [7, 11) is -4.64. The molecule has 0 unspecified atom stereocenters. The van der Waals surface area contributed by atoms with E-state index < -0.39 is 7.82 Å². The van der Waals surface area contributed by atoms with Crippen molar-refractivity contribution >= 4 is 30.8 Å². The van der Waals surface area contributed by atoms with Crippen LogP contribution in [0, 0.1) is 0 Å². The second-order valence-corrected chi connectivity index (χ2v) is 4.83. The van der Waals surface area contributed by atoms with E-state index in [1.54, 1.807) is 12.4 Å². The third kappa shape index (κ3) is 7.67. The maximum atomic E-state index is 8.88. The molecule has 0 atom stereocenters. The quantitative estimate of drug-likeness (QED) is 0.485. The van der Waals surface area contributed by atoms with Crippen LogP contribution in [0.2, 0.25) is 0 Å². The zero-order valence-corrected chi connectivity index (χ0v) is 11.8. The van der Waals surface area contributed by atoms with Crippen molar-refractivity contribution in [2.75, 3.05) is 5.32 Å². The van der Waals surface area contributed by atoms with Gasteiger partial charge in [0.15, 0.2) is 0 Å². The predicted octanol–water partition coefficient (Wildman–Crippen LogP) is 1.34. The Morgan fingerprint density at radius 2 is 1.60 bits per heavy atom. The highest BCUT2D eigenvalue weighted by Gasteiger charge is 2.01. The monoisotopic (exact) mass is 313 g/mol. The van der Waals surface area contributed by atoms with Gasteiger partial charge in [0.2, 0.25) is 0 Å². The van der Waals surface area contributed by atoms with Crippen LogP contribution >= 0.6 is 20.0 Å². The molecule has 0 aliphatic heterocycles. The molecule has 2 aromatic rings. The van der Waals surface area contributed by atoms with E-state index in [4.69, 9.17) is 31.5 Å². The van der Waals surface area contributed by atoms with Gasteiger partial charge in [0.25, 0.3) is 0 Å². The lowest BCUT2D eigenvalue weighted by Crippen LogP contribution is -2.12. The van der Waals surface area contributed by atoms with Gasteiger partial charge in [0, 0.05) is 12.4 Å². The lowest BCUT2D eigenvalue weighted by Gasteiger charge is -2.05. The number of thiocarbonyl (C=S) groups is 1. The zero-order chi connectivity index (χ0) is 15.0. The van der Waals surface area contributed by atoms with Crippen LogP contribution in [0.15, 0.2) is 48.8 Å². The highest BCUT2D eigenvalue weighted by Crippen LogP contribution is 2.25. The van der Waals surface area contributed by atoms with Gasteiger partial charge in [0.05, 0.1) is 5.69 Å². The number of pyridine rings is 2. The molecule has 0 bridgehead atoms. The summed E-state index contributed by atoms with van der Waals surface area (Å²) in [5, 5.41) is 3.02. The standard InChI is InChI=1S/C11H9N3S.H3O4P/c15-11(9-5-1-3-7-12-9)14-10-6-2-4-8-13-10;1-5(2,3)4/h1-8H,(H,13,14,15);(H3,1,2,3,4). The maximum absolute atomic E-state index is 8.88. The normalized spacial score (nSPS) is 10.2. The van der Waals surface area contributed by atoms with E-state index in [9.17, 15) is 0 Å². The van der Waals surface area contributed by atoms with Crippen LogP contribution in [0.1, 0.15) is 5.69 Å². The van der Waals surface area contributed by atoms with E-state index in [1.807, 2.05) is 36.4 Å². The largest absolute Gasteiger partial charge is 0.466 e. The molecule has 0 spiro atoms. The molecule has 0 fully saturated rings. The fourth-order valence-corrected chi connectivity index (χ4v) is 1.34. The molecule has 7 nitrogen and oxygen atoms in total. The van der Waals surface area contributed by atoms with Crippen LogP contribution in [0.4, 0.5) is 5.82 Å². The molecule has 0 aromatic carbocycles. The van der Waals surface area contributed by atoms with Crippen molar-refractivity contribution in [3.8, 4) is 0 Å². The second kappa shape index (κ2) is 7.78. The van der Waals surface area contributed by atoms with Crippen molar-refractivity contribution in [1.82, 2.24) is 9.97 Å². The first kappa shape index (κ1) is 16.4. The molecule has 0 saturated carbocycles. The number of anilines is 1. The van der Waals surface area contributed by atoms with Crippen molar-refractivity contribution in [3.63, 3.8) is 0 Å². The minimum atomic E-state index is -4.64. The van der Waals surface area contributed by atoms with Crippen LogP contribution in [-0.2, 0) is 4.57 Å². The Morgan fingerprint density at radius 3 is 2.05 bits per heavy atom. The maximum Gasteiger partial charge on any atom is 0.466 e. The number of nitrogens with zero attached hydrogens (tertiary/aromatic N) is 2. The Bertz CT molecular complexity index is 583. The minimum absolute atomic E-state index is 0.578. The highest BCUT2D eigenvalue weighted by atomic mass is 32.1. The smallest absolute Gasteiger partial charge is 0.330 e. The van der Waals surface area contributed by atoms with Gasteiger partial charge >= 0.3 is 7.82 Å². The van der Waals surface area contributed by atoms with Crippen molar-refractivity contribution < 1.29 is 19.2 Å². The van der Waals surface area contributed by atoms with Crippen molar-refractivity contribution in [2.45, 2.75) is 0 Å². The van der Waals surface area contributed by atoms with E-state index in [0.717, 1.165) is 11.5 Å². The van der Waals surface area contributed by atoms with Gasteiger partial charge in [0.1, 0.15) is 10.8 Å². The Balaban J connectivity index is 0.000000347. The minimum Gasteiger partial charge on any atom is -0.330 e. The molecule has 4 N–H and O–H groups in total. The third-order valence-electron chi connectivity index (χ3n) is 1.80. The summed E-state index contributed by atoms with van der Waals surface area (Å²) in [5.41, 5.74) is 0.748. The Morgan fingerprint density at radius 1 is 1.05 bits per heavy atom. The average molecular weight is 313 g/mol. The number of rotatable bonds is 2. The fourth-order valence-electron chi connectivity index (χ4n) is 1.11. The van der Waals surface area contributed by atoms with Gasteiger partial charge in [-0.15, -0.1) is 0 Å². The molecule has 0 amide bonds. The summed E-state index contributed by atoms with van der Waals surface area (Å²) in [6.45, 7) is 0. The van der Waals surface area contributed by atoms with Crippen LogP contribution in [-0.4, -0.2) is 29.6 Å². The van der Waals surface area contributed by atoms with E-state index in [1.165, 1.54) is 0 Å². The lowest BCUT2D eigenvalue weighted by atomic mass is 10.3.